The van der Waals surface area contributed by atoms with Gasteiger partial charge in [-0.25, -0.2) is 8.42 Å². The Bertz CT molecular complexity index is 1130. The van der Waals surface area contributed by atoms with Gasteiger partial charge in [0.05, 0.1) is 17.7 Å². The smallest absolute Gasteiger partial charge is 0.264 e. The van der Waals surface area contributed by atoms with Crippen molar-refractivity contribution in [3.63, 3.8) is 0 Å². The van der Waals surface area contributed by atoms with Crippen molar-refractivity contribution in [1.82, 2.24) is 5.32 Å². The number of ether oxygens (including phenoxy) is 1. The molecule has 0 saturated heterocycles. The fourth-order valence-electron chi connectivity index (χ4n) is 3.27. The first kappa shape index (κ1) is 23.3. The second-order valence-corrected chi connectivity index (χ2v) is 9.56. The maximum absolute atomic E-state index is 12.9. The van der Waals surface area contributed by atoms with E-state index < -0.39 is 10.0 Å². The summed E-state index contributed by atoms with van der Waals surface area (Å²) in [4.78, 5) is 12.7. The van der Waals surface area contributed by atoms with E-state index in [0.717, 1.165) is 12.8 Å². The minimum Gasteiger partial charge on any atom is -0.497 e. The number of methoxy groups -OCH3 is 1. The van der Waals surface area contributed by atoms with Crippen molar-refractivity contribution < 1.29 is 17.9 Å². The minimum absolute atomic E-state index is 0.0144. The number of carbonyl (C=O) groups is 1. The number of rotatable bonds is 9. The monoisotopic (exact) mass is 452 g/mol. The van der Waals surface area contributed by atoms with Crippen molar-refractivity contribution in [2.24, 2.45) is 0 Å². The summed E-state index contributed by atoms with van der Waals surface area (Å²) in [6, 6.07) is 22.9. The lowest BCUT2D eigenvalue weighted by atomic mass is 10.1. The van der Waals surface area contributed by atoms with Gasteiger partial charge in [0.2, 0.25) is 0 Å². The van der Waals surface area contributed by atoms with Crippen LogP contribution >= 0.6 is 0 Å². The van der Waals surface area contributed by atoms with E-state index in [1.54, 1.807) is 36.4 Å². The van der Waals surface area contributed by atoms with Gasteiger partial charge in [-0.1, -0.05) is 30.3 Å². The summed E-state index contributed by atoms with van der Waals surface area (Å²) in [5.74, 6) is 0.401. The lowest BCUT2D eigenvalue weighted by Gasteiger charge is -2.20. The standard InChI is InChI=1S/C25H28N2O4S/c1-19(9-10-20-7-5-4-6-8-20)26-25(28)21-11-13-22(14-12-21)27(2)32(29,30)24-17-15-23(31-3)16-18-24/h4-8,11-19H,9-10H2,1-3H3,(H,26,28)/t19-/m1/s1. The van der Waals surface area contributed by atoms with E-state index in [-0.39, 0.29) is 16.8 Å². The van der Waals surface area contributed by atoms with Gasteiger partial charge in [-0.15, -0.1) is 0 Å². The number of nitrogens with zero attached hydrogens (tertiary/aromatic N) is 1. The summed E-state index contributed by atoms with van der Waals surface area (Å²) in [5.41, 5.74) is 2.18. The van der Waals surface area contributed by atoms with Crippen LogP contribution in [-0.2, 0) is 16.4 Å². The van der Waals surface area contributed by atoms with Gasteiger partial charge >= 0.3 is 0 Å². The number of amides is 1. The Hall–Kier alpha value is -3.32. The first-order valence-electron chi connectivity index (χ1n) is 10.4. The molecule has 0 saturated carbocycles. The molecule has 0 aliphatic rings. The molecule has 0 spiro atoms. The van der Waals surface area contributed by atoms with Crippen LogP contribution in [0.15, 0.2) is 83.8 Å². The molecular formula is C25H28N2O4S. The fourth-order valence-corrected chi connectivity index (χ4v) is 4.47. The highest BCUT2D eigenvalue weighted by Gasteiger charge is 2.21. The number of hydrogen-bond donors (Lipinski definition) is 1. The number of nitrogens with one attached hydrogen (secondary N) is 1. The maximum Gasteiger partial charge on any atom is 0.264 e. The van der Waals surface area contributed by atoms with Crippen molar-refractivity contribution in [2.45, 2.75) is 30.7 Å². The average molecular weight is 453 g/mol. The van der Waals surface area contributed by atoms with E-state index in [0.29, 0.717) is 17.0 Å². The van der Waals surface area contributed by atoms with Crippen LogP contribution in [0.1, 0.15) is 29.3 Å². The Morgan fingerprint density at radius 3 is 2.19 bits per heavy atom. The molecule has 0 heterocycles. The highest BCUT2D eigenvalue weighted by molar-refractivity contribution is 7.92. The molecule has 3 rings (SSSR count). The topological polar surface area (TPSA) is 75.7 Å². The van der Waals surface area contributed by atoms with Crippen molar-refractivity contribution in [2.75, 3.05) is 18.5 Å². The molecule has 7 heteroatoms. The van der Waals surface area contributed by atoms with E-state index in [4.69, 9.17) is 4.74 Å². The predicted octanol–water partition coefficient (Wildman–Crippen LogP) is 4.27. The predicted molar refractivity (Wildman–Crippen MR) is 127 cm³/mol. The van der Waals surface area contributed by atoms with Gasteiger partial charge in [0.15, 0.2) is 0 Å². The summed E-state index contributed by atoms with van der Waals surface area (Å²) >= 11 is 0. The largest absolute Gasteiger partial charge is 0.497 e. The maximum atomic E-state index is 12.9. The molecule has 0 aliphatic heterocycles. The Morgan fingerprint density at radius 1 is 0.969 bits per heavy atom. The van der Waals surface area contributed by atoms with Crippen LogP contribution in [0.2, 0.25) is 0 Å². The molecule has 1 N–H and O–H groups in total. The third-order valence-corrected chi connectivity index (χ3v) is 7.10. The van der Waals surface area contributed by atoms with E-state index in [2.05, 4.69) is 17.4 Å². The Morgan fingerprint density at radius 2 is 1.59 bits per heavy atom. The zero-order valence-corrected chi connectivity index (χ0v) is 19.3. The Kier molecular flexibility index (Phi) is 7.53. The quantitative estimate of drug-likeness (QED) is 0.526. The number of sulfonamides is 1. The molecule has 3 aromatic carbocycles. The lowest BCUT2D eigenvalue weighted by Crippen LogP contribution is -2.33. The third kappa shape index (κ3) is 5.68. The molecule has 0 fully saturated rings. The molecule has 3 aromatic rings. The molecular weight excluding hydrogens is 424 g/mol. The van der Waals surface area contributed by atoms with Gasteiger partial charge in [-0.3, -0.25) is 9.10 Å². The highest BCUT2D eigenvalue weighted by Crippen LogP contribution is 2.24. The zero-order chi connectivity index (χ0) is 23.1. The van der Waals surface area contributed by atoms with Gasteiger partial charge in [-0.2, -0.15) is 0 Å². The normalized spacial score (nSPS) is 12.1. The summed E-state index contributed by atoms with van der Waals surface area (Å²) in [7, 11) is -0.714. The zero-order valence-electron chi connectivity index (χ0n) is 18.5. The summed E-state index contributed by atoms with van der Waals surface area (Å²) in [6.07, 6.45) is 1.71. The number of aryl methyl sites for hydroxylation is 1. The van der Waals surface area contributed by atoms with Gasteiger partial charge < -0.3 is 10.1 Å². The van der Waals surface area contributed by atoms with Crippen LogP contribution in [0, 0.1) is 0 Å². The molecule has 32 heavy (non-hydrogen) atoms. The SMILES string of the molecule is COc1ccc(S(=O)(=O)N(C)c2ccc(C(=O)N[C@H](C)CCc3ccccc3)cc2)cc1. The van der Waals surface area contributed by atoms with Gasteiger partial charge in [0.1, 0.15) is 5.75 Å². The fraction of sp³-hybridized carbons (Fsp3) is 0.240. The number of benzene rings is 3. The van der Waals surface area contributed by atoms with Crippen molar-refractivity contribution in [3.8, 4) is 5.75 Å². The number of anilines is 1. The Labute approximate surface area is 189 Å². The second-order valence-electron chi connectivity index (χ2n) is 7.59. The number of carbonyl (C=O) groups excluding carboxylic acids is 1. The van der Waals surface area contributed by atoms with Gasteiger partial charge in [-0.05, 0) is 73.9 Å². The second kappa shape index (κ2) is 10.3. The van der Waals surface area contributed by atoms with Crippen LogP contribution in [0.3, 0.4) is 0 Å². The molecule has 1 amide bonds. The molecule has 0 aliphatic carbocycles. The van der Waals surface area contributed by atoms with Crippen molar-refractivity contribution in [3.05, 3.63) is 90.0 Å². The van der Waals surface area contributed by atoms with E-state index in [1.807, 2.05) is 25.1 Å². The Balaban J connectivity index is 1.62. The van der Waals surface area contributed by atoms with Crippen LogP contribution in [0.25, 0.3) is 0 Å². The van der Waals surface area contributed by atoms with E-state index in [9.17, 15) is 13.2 Å². The van der Waals surface area contributed by atoms with Crippen LogP contribution in [0.4, 0.5) is 5.69 Å². The van der Waals surface area contributed by atoms with Crippen LogP contribution in [0.5, 0.6) is 5.75 Å². The minimum atomic E-state index is -3.73. The van der Waals surface area contributed by atoms with Gasteiger partial charge in [0.25, 0.3) is 15.9 Å². The molecule has 0 radical (unpaired) electrons. The third-order valence-electron chi connectivity index (χ3n) is 5.30. The molecule has 6 nitrogen and oxygen atoms in total. The first-order valence-corrected chi connectivity index (χ1v) is 11.8. The summed E-state index contributed by atoms with van der Waals surface area (Å²) in [6.45, 7) is 1.98. The number of hydrogen-bond acceptors (Lipinski definition) is 4. The molecule has 0 bridgehead atoms. The summed E-state index contributed by atoms with van der Waals surface area (Å²) in [5, 5.41) is 3.00. The molecule has 168 valence electrons. The average Bonchev–Trinajstić information content (AvgIpc) is 2.83. The van der Waals surface area contributed by atoms with Gasteiger partial charge in [0, 0.05) is 18.7 Å². The van der Waals surface area contributed by atoms with Crippen LogP contribution in [-0.4, -0.2) is 34.5 Å². The first-order chi connectivity index (χ1) is 15.3. The molecule has 0 unspecified atom stereocenters. The lowest BCUT2D eigenvalue weighted by molar-refractivity contribution is 0.0938. The molecule has 1 atom stereocenters. The van der Waals surface area contributed by atoms with Crippen molar-refractivity contribution >= 4 is 21.6 Å². The van der Waals surface area contributed by atoms with Crippen LogP contribution < -0.4 is 14.4 Å². The van der Waals surface area contributed by atoms with E-state index >= 15 is 0 Å². The van der Waals surface area contributed by atoms with E-state index in [1.165, 1.54) is 36.2 Å². The summed E-state index contributed by atoms with van der Waals surface area (Å²) < 4.78 is 32.1. The highest BCUT2D eigenvalue weighted by atomic mass is 32.2. The molecule has 0 aromatic heterocycles. The van der Waals surface area contributed by atoms with Crippen molar-refractivity contribution in [1.29, 1.82) is 0 Å².